The second kappa shape index (κ2) is 7.55. The van der Waals surface area contributed by atoms with E-state index in [0.29, 0.717) is 44.1 Å². The minimum Gasteiger partial charge on any atom is -0.495 e. The van der Waals surface area contributed by atoms with Gasteiger partial charge in [0.2, 0.25) is 5.95 Å². The second-order valence-corrected chi connectivity index (χ2v) is 8.70. The number of aromatic nitrogens is 3. The third-order valence-corrected chi connectivity index (χ3v) is 6.68. The Labute approximate surface area is 189 Å². The first kappa shape index (κ1) is 20.4. The summed E-state index contributed by atoms with van der Waals surface area (Å²) in [6.45, 7) is 3.24. The zero-order chi connectivity index (χ0) is 21.8. The zero-order valence-corrected chi connectivity index (χ0v) is 18.6. The van der Waals surface area contributed by atoms with Crippen LogP contribution in [0.25, 0.3) is 22.2 Å². The monoisotopic (exact) mass is 461 g/mol. The first-order valence-electron chi connectivity index (χ1n) is 9.81. The van der Waals surface area contributed by atoms with E-state index in [1.807, 2.05) is 6.07 Å². The van der Waals surface area contributed by atoms with Crippen molar-refractivity contribution >= 4 is 45.9 Å². The molecule has 0 amide bonds. The lowest BCUT2D eigenvalue weighted by Gasteiger charge is -2.48. The number of hydrogen-bond acceptors (Lipinski definition) is 8. The van der Waals surface area contributed by atoms with E-state index < -0.39 is 0 Å². The normalized spacial score (nSPS) is 17.2. The number of pyridine rings is 1. The summed E-state index contributed by atoms with van der Waals surface area (Å²) in [7, 11) is 3.08. The molecule has 2 saturated heterocycles. The maximum Gasteiger partial charge on any atom is 0.220 e. The Hall–Kier alpha value is -2.55. The van der Waals surface area contributed by atoms with Crippen molar-refractivity contribution < 1.29 is 14.2 Å². The van der Waals surface area contributed by atoms with Crippen LogP contribution < -0.4 is 20.1 Å². The lowest BCUT2D eigenvalue weighted by atomic mass is 9.79. The number of anilines is 2. The van der Waals surface area contributed by atoms with Crippen molar-refractivity contribution in [2.75, 3.05) is 51.2 Å². The Balaban J connectivity index is 1.69. The van der Waals surface area contributed by atoms with E-state index in [1.165, 1.54) is 14.2 Å². The van der Waals surface area contributed by atoms with Gasteiger partial charge in [-0.05, 0) is 12.5 Å². The highest BCUT2D eigenvalue weighted by atomic mass is 35.5. The topological polar surface area (TPSA) is 95.6 Å². The maximum atomic E-state index is 6.65. The van der Waals surface area contributed by atoms with Crippen LogP contribution >= 0.6 is 23.2 Å². The van der Waals surface area contributed by atoms with Crippen LogP contribution in [0.15, 0.2) is 18.3 Å². The first-order valence-corrected chi connectivity index (χ1v) is 10.6. The van der Waals surface area contributed by atoms with Gasteiger partial charge in [0.15, 0.2) is 5.82 Å². The molecule has 31 heavy (non-hydrogen) atoms. The molecule has 8 nitrogen and oxygen atoms in total. The molecule has 4 heterocycles. The summed E-state index contributed by atoms with van der Waals surface area (Å²) < 4.78 is 16.4. The summed E-state index contributed by atoms with van der Waals surface area (Å²) in [5.41, 5.74) is 7.84. The molecular weight excluding hydrogens is 441 g/mol. The fraction of sp³-hybridized carbons (Fsp3) is 0.381. The number of rotatable bonds is 4. The van der Waals surface area contributed by atoms with Gasteiger partial charge >= 0.3 is 0 Å². The van der Waals surface area contributed by atoms with E-state index in [0.717, 1.165) is 38.1 Å². The molecule has 0 radical (unpaired) electrons. The average Bonchev–Trinajstić information content (AvgIpc) is 3.23. The van der Waals surface area contributed by atoms with Gasteiger partial charge in [0, 0.05) is 48.3 Å². The lowest BCUT2D eigenvalue weighted by molar-refractivity contribution is 0.131. The minimum atomic E-state index is 0.178. The quantitative estimate of drug-likeness (QED) is 0.625. The number of ether oxygens (including phenoxy) is 3. The minimum absolute atomic E-state index is 0.178. The molecule has 162 valence electrons. The fourth-order valence-electron chi connectivity index (χ4n) is 4.31. The second-order valence-electron chi connectivity index (χ2n) is 7.94. The van der Waals surface area contributed by atoms with Crippen LogP contribution in [0.4, 0.5) is 11.8 Å². The third kappa shape index (κ3) is 3.30. The van der Waals surface area contributed by atoms with Gasteiger partial charge in [-0.2, -0.15) is 0 Å². The molecule has 3 aromatic rings. The number of fused-ring (bicyclic) bond motifs is 1. The van der Waals surface area contributed by atoms with Crippen molar-refractivity contribution in [3.05, 3.63) is 28.4 Å². The van der Waals surface area contributed by atoms with E-state index in [9.17, 15) is 0 Å². The van der Waals surface area contributed by atoms with E-state index in [1.54, 1.807) is 12.3 Å². The molecule has 10 heteroatoms. The third-order valence-electron chi connectivity index (χ3n) is 5.93. The largest absolute Gasteiger partial charge is 0.495 e. The zero-order valence-electron chi connectivity index (χ0n) is 17.1. The molecule has 0 bridgehead atoms. The van der Waals surface area contributed by atoms with E-state index in [2.05, 4.69) is 14.9 Å². The molecule has 2 aliphatic rings. The van der Waals surface area contributed by atoms with Crippen molar-refractivity contribution in [3.8, 4) is 22.8 Å². The van der Waals surface area contributed by atoms with Crippen LogP contribution in [0.2, 0.25) is 10.0 Å². The van der Waals surface area contributed by atoms with Gasteiger partial charge in [0.25, 0.3) is 0 Å². The molecule has 2 fully saturated rings. The van der Waals surface area contributed by atoms with E-state index in [-0.39, 0.29) is 11.4 Å². The Kier molecular flexibility index (Phi) is 4.96. The Morgan fingerprint density at radius 1 is 1.10 bits per heavy atom. The van der Waals surface area contributed by atoms with Crippen LogP contribution in [0.5, 0.6) is 11.5 Å². The van der Waals surface area contributed by atoms with Crippen LogP contribution in [-0.4, -0.2) is 55.5 Å². The van der Waals surface area contributed by atoms with Gasteiger partial charge in [0.1, 0.15) is 17.0 Å². The molecule has 2 N–H and O–H groups in total. The Bertz CT molecular complexity index is 1150. The summed E-state index contributed by atoms with van der Waals surface area (Å²) >= 11 is 13.3. The molecule has 1 spiro atoms. The predicted octanol–water partition coefficient (Wildman–Crippen LogP) is 3.82. The number of benzene rings is 1. The molecule has 1 aromatic carbocycles. The van der Waals surface area contributed by atoms with Crippen LogP contribution in [0.1, 0.15) is 6.42 Å². The molecule has 2 aliphatic heterocycles. The molecular formula is C21H21Cl2N5O3. The molecule has 5 rings (SSSR count). The van der Waals surface area contributed by atoms with Crippen molar-refractivity contribution in [3.63, 3.8) is 0 Å². The number of nitrogens with zero attached hydrogens (tertiary/aromatic N) is 4. The molecule has 0 unspecified atom stereocenters. The van der Waals surface area contributed by atoms with Crippen molar-refractivity contribution in [1.82, 2.24) is 15.0 Å². The first-order chi connectivity index (χ1) is 14.9. The van der Waals surface area contributed by atoms with E-state index >= 15 is 0 Å². The van der Waals surface area contributed by atoms with Crippen molar-refractivity contribution in [2.24, 2.45) is 5.41 Å². The summed E-state index contributed by atoms with van der Waals surface area (Å²) in [6.07, 6.45) is 2.72. The summed E-state index contributed by atoms with van der Waals surface area (Å²) in [6, 6.07) is 3.50. The smallest absolute Gasteiger partial charge is 0.220 e. The maximum absolute atomic E-state index is 6.65. The van der Waals surface area contributed by atoms with Gasteiger partial charge in [-0.3, -0.25) is 0 Å². The summed E-state index contributed by atoms with van der Waals surface area (Å²) in [5.74, 6) is 1.80. The molecule has 0 atom stereocenters. The van der Waals surface area contributed by atoms with Crippen molar-refractivity contribution in [1.29, 1.82) is 0 Å². The summed E-state index contributed by atoms with van der Waals surface area (Å²) in [4.78, 5) is 15.7. The van der Waals surface area contributed by atoms with Gasteiger partial charge < -0.3 is 24.8 Å². The van der Waals surface area contributed by atoms with Crippen molar-refractivity contribution in [2.45, 2.75) is 6.42 Å². The van der Waals surface area contributed by atoms with Gasteiger partial charge in [-0.15, -0.1) is 0 Å². The van der Waals surface area contributed by atoms with E-state index in [4.69, 9.17) is 48.1 Å². The van der Waals surface area contributed by atoms with Gasteiger partial charge in [-0.25, -0.2) is 15.0 Å². The number of methoxy groups -OCH3 is 2. The highest BCUT2D eigenvalue weighted by molar-refractivity contribution is 6.41. The van der Waals surface area contributed by atoms with Crippen LogP contribution in [0, 0.1) is 5.41 Å². The van der Waals surface area contributed by atoms with Crippen LogP contribution in [-0.2, 0) is 4.74 Å². The highest BCUT2D eigenvalue weighted by Gasteiger charge is 2.47. The number of nitrogens with two attached hydrogens (primary N) is 1. The predicted molar refractivity (Wildman–Crippen MR) is 120 cm³/mol. The number of hydrogen-bond donors (Lipinski definition) is 1. The number of halogens is 2. The standard InChI is InChI=1S/C21H21Cl2N5O3/c1-29-13-6-14(30-2)17(23)15(16(13)22)12-5-11-7-25-20(24)27-18(11)19(26-12)28-8-21(9-28)3-4-31-10-21/h5-7H,3-4,8-10H2,1-2H3,(H2,24,25,27). The highest BCUT2D eigenvalue weighted by Crippen LogP contribution is 2.47. The lowest BCUT2D eigenvalue weighted by Crippen LogP contribution is -2.57. The Morgan fingerprint density at radius 2 is 1.81 bits per heavy atom. The van der Waals surface area contributed by atoms with Gasteiger partial charge in [0.05, 0.1) is 36.6 Å². The number of nitrogen functional groups attached to an aromatic ring is 1. The molecule has 0 saturated carbocycles. The van der Waals surface area contributed by atoms with Gasteiger partial charge in [-0.1, -0.05) is 23.2 Å². The fourth-order valence-corrected chi connectivity index (χ4v) is 5.00. The van der Waals surface area contributed by atoms with Crippen LogP contribution in [0.3, 0.4) is 0 Å². The SMILES string of the molecule is COc1cc(OC)c(Cl)c(-c2cc3cnc(N)nc3c(N3CC4(CCOC4)C3)n2)c1Cl. The Morgan fingerprint density at radius 3 is 2.42 bits per heavy atom. The molecule has 2 aromatic heterocycles. The average molecular weight is 462 g/mol. The summed E-state index contributed by atoms with van der Waals surface area (Å²) in [5, 5.41) is 1.49. The molecule has 0 aliphatic carbocycles.